The van der Waals surface area contributed by atoms with Crippen LogP contribution in [0.4, 0.5) is 16.2 Å². The molecule has 2 aromatic rings. The van der Waals surface area contributed by atoms with Gasteiger partial charge in [0.2, 0.25) is 0 Å². The van der Waals surface area contributed by atoms with E-state index in [1.54, 1.807) is 31.0 Å². The largest absolute Gasteiger partial charge is 0.322 e. The van der Waals surface area contributed by atoms with Crippen molar-refractivity contribution in [1.82, 2.24) is 14.7 Å². The second kappa shape index (κ2) is 6.54. The van der Waals surface area contributed by atoms with Crippen LogP contribution >= 0.6 is 0 Å². The summed E-state index contributed by atoms with van der Waals surface area (Å²) in [7, 11) is 3.68. The van der Waals surface area contributed by atoms with Gasteiger partial charge in [-0.25, -0.2) is 4.79 Å². The van der Waals surface area contributed by atoms with Crippen molar-refractivity contribution in [3.8, 4) is 0 Å². The Morgan fingerprint density at radius 3 is 2.92 bits per heavy atom. The fourth-order valence-electron chi connectivity index (χ4n) is 3.38. The molecule has 25 heavy (non-hydrogen) atoms. The zero-order valence-electron chi connectivity index (χ0n) is 14.5. The molecule has 8 nitrogen and oxygen atoms in total. The molecule has 8 heteroatoms. The summed E-state index contributed by atoms with van der Waals surface area (Å²) >= 11 is 0. The van der Waals surface area contributed by atoms with Gasteiger partial charge in [0.15, 0.2) is 0 Å². The van der Waals surface area contributed by atoms with Crippen molar-refractivity contribution in [2.75, 3.05) is 12.4 Å². The van der Waals surface area contributed by atoms with Crippen molar-refractivity contribution in [2.45, 2.75) is 32.2 Å². The predicted molar refractivity (Wildman–Crippen MR) is 93.5 cm³/mol. The van der Waals surface area contributed by atoms with E-state index in [0.29, 0.717) is 11.3 Å². The molecular weight excluding hydrogens is 322 g/mol. The maximum atomic E-state index is 12.6. The zero-order valence-corrected chi connectivity index (χ0v) is 14.5. The summed E-state index contributed by atoms with van der Waals surface area (Å²) in [5.41, 5.74) is 3.35. The van der Waals surface area contributed by atoms with Gasteiger partial charge in [-0.05, 0) is 38.3 Å². The van der Waals surface area contributed by atoms with Crippen LogP contribution in [0.25, 0.3) is 0 Å². The molecule has 0 saturated heterocycles. The molecule has 0 unspecified atom stereocenters. The van der Waals surface area contributed by atoms with Crippen LogP contribution in [0.1, 0.15) is 35.7 Å². The van der Waals surface area contributed by atoms with Gasteiger partial charge < -0.3 is 10.2 Å². The molecule has 1 aliphatic rings. The molecule has 132 valence electrons. The molecule has 1 aromatic heterocycles. The second-order valence-electron chi connectivity index (χ2n) is 6.38. The van der Waals surface area contributed by atoms with E-state index in [1.807, 2.05) is 17.9 Å². The number of fused-ring (bicyclic) bond motifs is 1. The number of urea groups is 1. The SMILES string of the molecule is Cc1cc(NC(=O)N(C)[C@H]2CCCc3c2cnn3C)ccc1[N+](=O)[O-]. The predicted octanol–water partition coefficient (Wildman–Crippen LogP) is 3.18. The number of hydrogen-bond acceptors (Lipinski definition) is 4. The Morgan fingerprint density at radius 1 is 1.48 bits per heavy atom. The van der Waals surface area contributed by atoms with Gasteiger partial charge in [-0.1, -0.05) is 0 Å². The first-order valence-electron chi connectivity index (χ1n) is 8.18. The molecule has 1 atom stereocenters. The average Bonchev–Trinajstić information content (AvgIpc) is 2.95. The van der Waals surface area contributed by atoms with Crippen molar-refractivity contribution < 1.29 is 9.72 Å². The van der Waals surface area contributed by atoms with Crippen molar-refractivity contribution in [1.29, 1.82) is 0 Å². The monoisotopic (exact) mass is 343 g/mol. The molecule has 2 amide bonds. The molecule has 0 radical (unpaired) electrons. The lowest BCUT2D eigenvalue weighted by Crippen LogP contribution is -2.36. The highest BCUT2D eigenvalue weighted by atomic mass is 16.6. The van der Waals surface area contributed by atoms with E-state index < -0.39 is 4.92 Å². The minimum absolute atomic E-state index is 0.0170. The van der Waals surface area contributed by atoms with E-state index in [4.69, 9.17) is 0 Å². The van der Waals surface area contributed by atoms with Crippen LogP contribution in [-0.4, -0.2) is 32.7 Å². The molecule has 1 aliphatic carbocycles. The van der Waals surface area contributed by atoms with Gasteiger partial charge >= 0.3 is 6.03 Å². The number of carbonyl (C=O) groups is 1. The number of nitrogens with zero attached hydrogens (tertiary/aromatic N) is 4. The number of nitrogens with one attached hydrogen (secondary N) is 1. The van der Waals surface area contributed by atoms with Crippen LogP contribution in [0, 0.1) is 17.0 Å². The maximum absolute atomic E-state index is 12.6. The summed E-state index contributed by atoms with van der Waals surface area (Å²) in [4.78, 5) is 24.7. The van der Waals surface area contributed by atoms with E-state index in [9.17, 15) is 14.9 Å². The molecule has 0 spiro atoms. The van der Waals surface area contributed by atoms with E-state index in [0.717, 1.165) is 24.8 Å². The quantitative estimate of drug-likeness (QED) is 0.684. The van der Waals surface area contributed by atoms with Crippen LogP contribution in [0.3, 0.4) is 0 Å². The van der Waals surface area contributed by atoms with Gasteiger partial charge in [-0.15, -0.1) is 0 Å². The maximum Gasteiger partial charge on any atom is 0.322 e. The Balaban J connectivity index is 1.76. The first-order valence-corrected chi connectivity index (χ1v) is 8.18. The summed E-state index contributed by atoms with van der Waals surface area (Å²) < 4.78 is 1.87. The first-order chi connectivity index (χ1) is 11.9. The lowest BCUT2D eigenvalue weighted by molar-refractivity contribution is -0.385. The van der Waals surface area contributed by atoms with Crippen LogP contribution in [0.2, 0.25) is 0 Å². The van der Waals surface area contributed by atoms with Crippen LogP contribution in [0.15, 0.2) is 24.4 Å². The molecule has 0 bridgehead atoms. The molecule has 0 fully saturated rings. The van der Waals surface area contributed by atoms with E-state index in [-0.39, 0.29) is 17.8 Å². The standard InChI is InChI=1S/C17H21N5O3/c1-11-9-12(7-8-14(11)22(24)25)19-17(23)20(2)15-5-4-6-16-13(15)10-18-21(16)3/h7-10,15H,4-6H2,1-3H3,(H,19,23)/t15-/m0/s1. The van der Waals surface area contributed by atoms with Crippen LogP contribution in [-0.2, 0) is 13.5 Å². The van der Waals surface area contributed by atoms with Gasteiger partial charge in [0.25, 0.3) is 5.69 Å². The highest BCUT2D eigenvalue weighted by molar-refractivity contribution is 5.89. The van der Waals surface area contributed by atoms with Crippen molar-refractivity contribution in [3.63, 3.8) is 0 Å². The van der Waals surface area contributed by atoms with Crippen LogP contribution < -0.4 is 5.32 Å². The highest BCUT2D eigenvalue weighted by Crippen LogP contribution is 2.33. The van der Waals surface area contributed by atoms with Gasteiger partial charge in [0.1, 0.15) is 0 Å². The summed E-state index contributed by atoms with van der Waals surface area (Å²) in [5, 5.41) is 18.0. The summed E-state index contributed by atoms with van der Waals surface area (Å²) in [5.74, 6) is 0. The normalized spacial score (nSPS) is 16.2. The molecule has 1 aromatic carbocycles. The Bertz CT molecular complexity index is 830. The minimum atomic E-state index is -0.432. The molecule has 1 heterocycles. The van der Waals surface area contributed by atoms with Gasteiger partial charge in [-0.2, -0.15) is 5.10 Å². The molecule has 3 rings (SSSR count). The number of anilines is 1. The van der Waals surface area contributed by atoms with E-state index in [2.05, 4.69) is 10.4 Å². The number of hydrogen-bond donors (Lipinski definition) is 1. The highest BCUT2D eigenvalue weighted by Gasteiger charge is 2.29. The minimum Gasteiger partial charge on any atom is -0.320 e. The third-order valence-electron chi connectivity index (χ3n) is 4.78. The van der Waals surface area contributed by atoms with Gasteiger partial charge in [-0.3, -0.25) is 14.8 Å². The number of nitro groups is 1. The number of aryl methyl sites for hydroxylation is 2. The fraction of sp³-hybridized carbons (Fsp3) is 0.412. The summed E-state index contributed by atoms with van der Waals surface area (Å²) in [6.45, 7) is 1.65. The Hall–Kier alpha value is -2.90. The fourth-order valence-corrected chi connectivity index (χ4v) is 3.38. The molecule has 0 saturated carbocycles. The molecule has 1 N–H and O–H groups in total. The van der Waals surface area contributed by atoms with Crippen molar-refractivity contribution in [3.05, 3.63) is 51.3 Å². The molecule has 0 aliphatic heterocycles. The van der Waals surface area contributed by atoms with E-state index >= 15 is 0 Å². The Kier molecular flexibility index (Phi) is 4.43. The topological polar surface area (TPSA) is 93.3 Å². The summed E-state index contributed by atoms with van der Waals surface area (Å²) in [6, 6.07) is 4.31. The van der Waals surface area contributed by atoms with Crippen molar-refractivity contribution >= 4 is 17.4 Å². The number of rotatable bonds is 3. The zero-order chi connectivity index (χ0) is 18.1. The average molecular weight is 343 g/mol. The number of aromatic nitrogens is 2. The number of nitro benzene ring substituents is 1. The lowest BCUT2D eigenvalue weighted by atomic mass is 9.92. The number of carbonyl (C=O) groups excluding carboxylic acids is 1. The first kappa shape index (κ1) is 16.9. The number of benzene rings is 1. The lowest BCUT2D eigenvalue weighted by Gasteiger charge is -2.31. The summed E-state index contributed by atoms with van der Waals surface area (Å²) in [6.07, 6.45) is 4.70. The third kappa shape index (κ3) is 3.19. The second-order valence-corrected chi connectivity index (χ2v) is 6.38. The Morgan fingerprint density at radius 2 is 2.24 bits per heavy atom. The third-order valence-corrected chi connectivity index (χ3v) is 4.78. The smallest absolute Gasteiger partial charge is 0.320 e. The number of amides is 2. The molecular formula is C17H21N5O3. The van der Waals surface area contributed by atoms with Crippen LogP contribution in [0.5, 0.6) is 0 Å². The van der Waals surface area contributed by atoms with E-state index in [1.165, 1.54) is 11.8 Å². The van der Waals surface area contributed by atoms with Gasteiger partial charge in [0.05, 0.1) is 17.2 Å². The Labute approximate surface area is 145 Å². The van der Waals surface area contributed by atoms with Gasteiger partial charge in [0, 0.05) is 42.7 Å². The van der Waals surface area contributed by atoms with Crippen molar-refractivity contribution in [2.24, 2.45) is 7.05 Å².